The van der Waals surface area contributed by atoms with Gasteiger partial charge in [0.2, 0.25) is 5.91 Å². The molecule has 0 fully saturated rings. The van der Waals surface area contributed by atoms with Crippen molar-refractivity contribution in [1.29, 1.82) is 0 Å². The average molecular weight is 190 g/mol. The first-order valence-corrected chi connectivity index (χ1v) is 3.83. The van der Waals surface area contributed by atoms with Crippen molar-refractivity contribution in [1.82, 2.24) is 5.48 Å². The molecule has 0 radical (unpaired) electrons. The number of hydrogen-bond acceptors (Lipinski definition) is 4. The maximum absolute atomic E-state index is 10.5. The van der Waals surface area contributed by atoms with Gasteiger partial charge in [0, 0.05) is 6.04 Å². The summed E-state index contributed by atoms with van der Waals surface area (Å²) in [6, 6.07) is -0.378. The van der Waals surface area contributed by atoms with Crippen molar-refractivity contribution in [3.05, 3.63) is 0 Å². The molecule has 6 nitrogen and oxygen atoms in total. The van der Waals surface area contributed by atoms with Crippen LogP contribution in [0.3, 0.4) is 0 Å². The molecule has 0 spiro atoms. The van der Waals surface area contributed by atoms with Gasteiger partial charge in [0.25, 0.3) is 0 Å². The van der Waals surface area contributed by atoms with Crippen LogP contribution in [0.5, 0.6) is 0 Å². The van der Waals surface area contributed by atoms with Crippen molar-refractivity contribution in [3.63, 3.8) is 0 Å². The molecule has 2 unspecified atom stereocenters. The third-order valence-corrected chi connectivity index (χ3v) is 1.62. The molecule has 0 aliphatic carbocycles. The molecular weight excluding hydrogens is 176 g/mol. The van der Waals surface area contributed by atoms with Crippen LogP contribution < -0.4 is 11.2 Å². The molecule has 0 bridgehead atoms. The van der Waals surface area contributed by atoms with Crippen LogP contribution in [-0.4, -0.2) is 29.6 Å². The van der Waals surface area contributed by atoms with Crippen LogP contribution in [0.15, 0.2) is 0 Å². The first kappa shape index (κ1) is 11.9. The van der Waals surface area contributed by atoms with Crippen molar-refractivity contribution in [3.8, 4) is 0 Å². The number of carbonyl (C=O) groups is 2. The minimum Gasteiger partial charge on any atom is -0.481 e. The Hall–Kier alpha value is -1.14. The first-order valence-electron chi connectivity index (χ1n) is 3.83. The van der Waals surface area contributed by atoms with Gasteiger partial charge in [-0.05, 0) is 6.92 Å². The zero-order valence-electron chi connectivity index (χ0n) is 7.61. The maximum atomic E-state index is 10.5. The van der Waals surface area contributed by atoms with Gasteiger partial charge in [-0.3, -0.25) is 14.4 Å². The van der Waals surface area contributed by atoms with E-state index in [9.17, 15) is 9.59 Å². The normalized spacial score (nSPS) is 14.9. The number of aliphatic carboxylic acids is 1. The largest absolute Gasteiger partial charge is 0.481 e. The fourth-order valence-corrected chi connectivity index (χ4v) is 0.560. The fourth-order valence-electron chi connectivity index (χ4n) is 0.560. The van der Waals surface area contributed by atoms with Crippen molar-refractivity contribution in [2.45, 2.75) is 19.9 Å². The molecule has 0 heterocycles. The summed E-state index contributed by atoms with van der Waals surface area (Å²) in [5, 5.41) is 8.57. The van der Waals surface area contributed by atoms with E-state index in [-0.39, 0.29) is 12.6 Å². The van der Waals surface area contributed by atoms with Crippen molar-refractivity contribution < 1.29 is 19.5 Å². The topological polar surface area (TPSA) is 102 Å². The number of carboxylic acid groups (broad SMARTS) is 1. The highest BCUT2D eigenvalue weighted by Crippen LogP contribution is 2.01. The zero-order chi connectivity index (χ0) is 10.4. The third-order valence-electron chi connectivity index (χ3n) is 1.62. The van der Waals surface area contributed by atoms with Gasteiger partial charge in [-0.2, -0.15) is 5.48 Å². The lowest BCUT2D eigenvalue weighted by Gasteiger charge is -2.16. The molecule has 0 aliphatic rings. The van der Waals surface area contributed by atoms with Crippen molar-refractivity contribution >= 4 is 11.9 Å². The van der Waals surface area contributed by atoms with E-state index in [0.29, 0.717) is 0 Å². The van der Waals surface area contributed by atoms with E-state index >= 15 is 0 Å². The van der Waals surface area contributed by atoms with Gasteiger partial charge in [0.15, 0.2) is 0 Å². The SMILES string of the molecule is CC(NOCC(N)=O)C(C)C(=O)O. The molecule has 0 aromatic heterocycles. The predicted molar refractivity (Wildman–Crippen MR) is 44.5 cm³/mol. The molecule has 0 aliphatic heterocycles. The smallest absolute Gasteiger partial charge is 0.307 e. The molecule has 0 saturated heterocycles. The van der Waals surface area contributed by atoms with Crippen LogP contribution in [-0.2, 0) is 14.4 Å². The lowest BCUT2D eigenvalue weighted by Crippen LogP contribution is -2.38. The zero-order valence-corrected chi connectivity index (χ0v) is 7.61. The summed E-state index contributed by atoms with van der Waals surface area (Å²) in [4.78, 5) is 25.3. The summed E-state index contributed by atoms with van der Waals surface area (Å²) in [7, 11) is 0. The number of hydrogen-bond donors (Lipinski definition) is 3. The summed E-state index contributed by atoms with van der Waals surface area (Å²) in [6.07, 6.45) is 0. The number of carbonyl (C=O) groups excluding carboxylic acids is 1. The van der Waals surface area contributed by atoms with E-state index in [0.717, 1.165) is 0 Å². The summed E-state index contributed by atoms with van der Waals surface area (Å²) in [5.41, 5.74) is 7.21. The second kappa shape index (κ2) is 5.50. The van der Waals surface area contributed by atoms with E-state index in [2.05, 4.69) is 10.3 Å². The highest BCUT2D eigenvalue weighted by molar-refractivity contribution is 5.75. The molecule has 2 atom stereocenters. The second-order valence-corrected chi connectivity index (χ2v) is 2.79. The molecule has 0 aromatic carbocycles. The van der Waals surface area contributed by atoms with Crippen molar-refractivity contribution in [2.75, 3.05) is 6.61 Å². The maximum Gasteiger partial charge on any atom is 0.307 e. The standard InChI is InChI=1S/C7H14N2O4/c1-4(7(11)12)5(2)9-13-3-6(8)10/h4-5,9H,3H2,1-2H3,(H2,8,10)(H,11,12). The Morgan fingerprint density at radius 2 is 2.08 bits per heavy atom. The molecule has 0 saturated carbocycles. The summed E-state index contributed by atoms with van der Waals surface area (Å²) in [6.45, 7) is 2.91. The minimum absolute atomic E-state index is 0.267. The van der Waals surface area contributed by atoms with E-state index in [1.807, 2.05) is 0 Å². The molecular formula is C7H14N2O4. The quantitative estimate of drug-likeness (QED) is 0.471. The van der Waals surface area contributed by atoms with Gasteiger partial charge >= 0.3 is 5.97 Å². The van der Waals surface area contributed by atoms with Crippen LogP contribution in [0.2, 0.25) is 0 Å². The number of nitrogens with two attached hydrogens (primary N) is 1. The summed E-state index contributed by atoms with van der Waals surface area (Å²) < 4.78 is 0. The number of rotatable bonds is 6. The van der Waals surface area contributed by atoms with Crippen molar-refractivity contribution in [2.24, 2.45) is 11.7 Å². The molecule has 0 aromatic rings. The van der Waals surface area contributed by atoms with Crippen LogP contribution >= 0.6 is 0 Å². The highest BCUT2D eigenvalue weighted by Gasteiger charge is 2.19. The van der Waals surface area contributed by atoms with Gasteiger partial charge in [-0.1, -0.05) is 6.92 Å². The number of hydroxylamine groups is 1. The second-order valence-electron chi connectivity index (χ2n) is 2.79. The van der Waals surface area contributed by atoms with Crippen LogP contribution in [0.1, 0.15) is 13.8 Å². The Bertz CT molecular complexity index is 195. The Labute approximate surface area is 76.0 Å². The minimum atomic E-state index is -0.928. The van der Waals surface area contributed by atoms with Gasteiger partial charge in [0.1, 0.15) is 6.61 Å². The monoisotopic (exact) mass is 190 g/mol. The third kappa shape index (κ3) is 5.15. The van der Waals surface area contributed by atoms with Gasteiger partial charge < -0.3 is 10.8 Å². The van der Waals surface area contributed by atoms with Gasteiger partial charge in [0.05, 0.1) is 5.92 Å². The Morgan fingerprint density at radius 3 is 2.46 bits per heavy atom. The molecule has 6 heteroatoms. The predicted octanol–water partition coefficient (Wildman–Crippen LogP) is -0.898. The van der Waals surface area contributed by atoms with E-state index in [1.165, 1.54) is 6.92 Å². The van der Waals surface area contributed by atoms with Crippen LogP contribution in [0, 0.1) is 5.92 Å². The van der Waals surface area contributed by atoms with E-state index < -0.39 is 17.8 Å². The van der Waals surface area contributed by atoms with E-state index in [1.54, 1.807) is 6.92 Å². The van der Waals surface area contributed by atoms with E-state index in [4.69, 9.17) is 10.8 Å². The van der Waals surface area contributed by atoms with Crippen LogP contribution in [0.4, 0.5) is 0 Å². The fraction of sp³-hybridized carbons (Fsp3) is 0.714. The summed E-state index contributed by atoms with van der Waals surface area (Å²) in [5.74, 6) is -2.13. The Balaban J connectivity index is 3.67. The highest BCUT2D eigenvalue weighted by atomic mass is 16.6. The first-order chi connectivity index (χ1) is 5.95. The lowest BCUT2D eigenvalue weighted by atomic mass is 10.1. The van der Waals surface area contributed by atoms with Crippen LogP contribution in [0.25, 0.3) is 0 Å². The summed E-state index contributed by atoms with van der Waals surface area (Å²) >= 11 is 0. The molecule has 76 valence electrons. The Morgan fingerprint density at radius 1 is 1.54 bits per heavy atom. The number of primary amides is 1. The molecule has 1 amide bonds. The molecule has 13 heavy (non-hydrogen) atoms. The number of nitrogens with one attached hydrogen (secondary N) is 1. The van der Waals surface area contributed by atoms with Gasteiger partial charge in [-0.15, -0.1) is 0 Å². The number of carboxylic acids is 1. The lowest BCUT2D eigenvalue weighted by molar-refractivity contribution is -0.143. The molecule has 4 N–H and O–H groups in total. The number of amides is 1. The molecule has 0 rings (SSSR count). The Kier molecular flexibility index (Phi) is 5.01. The van der Waals surface area contributed by atoms with Gasteiger partial charge in [-0.25, -0.2) is 0 Å². The average Bonchev–Trinajstić information content (AvgIpc) is 2.02.